The van der Waals surface area contributed by atoms with Gasteiger partial charge in [-0.3, -0.25) is 4.79 Å². The van der Waals surface area contributed by atoms with E-state index in [0.29, 0.717) is 24.7 Å². The van der Waals surface area contributed by atoms with Crippen molar-refractivity contribution in [3.63, 3.8) is 0 Å². The zero-order valence-electron chi connectivity index (χ0n) is 17.0. The Morgan fingerprint density at radius 3 is 2.43 bits per heavy atom. The van der Waals surface area contributed by atoms with Crippen molar-refractivity contribution in [1.29, 1.82) is 0 Å². The van der Waals surface area contributed by atoms with E-state index in [9.17, 15) is 4.79 Å². The highest BCUT2D eigenvalue weighted by atomic mass is 32.1. The van der Waals surface area contributed by atoms with E-state index < -0.39 is 0 Å². The molecule has 0 aliphatic heterocycles. The van der Waals surface area contributed by atoms with Crippen molar-refractivity contribution in [2.75, 3.05) is 6.54 Å². The maximum atomic E-state index is 13.1. The molecule has 0 unspecified atom stereocenters. The first-order valence-electron chi connectivity index (χ1n) is 10.0. The predicted molar refractivity (Wildman–Crippen MR) is 120 cm³/mol. The van der Waals surface area contributed by atoms with Crippen LogP contribution in [0.15, 0.2) is 83.5 Å². The number of benzene rings is 2. The first kappa shape index (κ1) is 20.1. The summed E-state index contributed by atoms with van der Waals surface area (Å²) in [7, 11) is 0. The molecule has 2 aromatic carbocycles. The van der Waals surface area contributed by atoms with E-state index in [0.717, 1.165) is 12.0 Å². The Morgan fingerprint density at radius 1 is 1.00 bits per heavy atom. The highest BCUT2D eigenvalue weighted by Gasteiger charge is 2.18. The third kappa shape index (κ3) is 5.24. The molecule has 0 aliphatic rings. The lowest BCUT2D eigenvalue weighted by Crippen LogP contribution is -2.33. The van der Waals surface area contributed by atoms with Crippen LogP contribution in [-0.4, -0.2) is 22.3 Å². The van der Waals surface area contributed by atoms with E-state index in [4.69, 9.17) is 4.42 Å². The Morgan fingerprint density at radius 2 is 1.73 bits per heavy atom. The maximum absolute atomic E-state index is 13.1. The number of hydrogen-bond donors (Lipinski definition) is 0. The molecule has 0 aliphatic carbocycles. The van der Waals surface area contributed by atoms with E-state index in [1.54, 1.807) is 17.6 Å². The predicted octanol–water partition coefficient (Wildman–Crippen LogP) is 5.53. The van der Waals surface area contributed by atoms with Gasteiger partial charge in [0.05, 0.1) is 18.7 Å². The summed E-state index contributed by atoms with van der Waals surface area (Å²) in [4.78, 5) is 22.0. The van der Waals surface area contributed by atoms with Gasteiger partial charge in [-0.1, -0.05) is 48.5 Å². The van der Waals surface area contributed by atoms with Crippen molar-refractivity contribution in [2.45, 2.75) is 26.3 Å². The molecule has 0 radical (unpaired) electrons. The Kier molecular flexibility index (Phi) is 6.40. The van der Waals surface area contributed by atoms with Crippen LogP contribution >= 0.6 is 11.3 Å². The number of oxazole rings is 1. The van der Waals surface area contributed by atoms with Gasteiger partial charge in [-0.15, -0.1) is 11.3 Å². The number of aromatic nitrogens is 1. The number of aryl methyl sites for hydroxylation is 1. The van der Waals surface area contributed by atoms with Crippen molar-refractivity contribution < 1.29 is 9.21 Å². The van der Waals surface area contributed by atoms with Gasteiger partial charge < -0.3 is 9.32 Å². The van der Waals surface area contributed by atoms with E-state index >= 15 is 0 Å². The second kappa shape index (κ2) is 9.55. The van der Waals surface area contributed by atoms with Gasteiger partial charge in [0.25, 0.3) is 0 Å². The van der Waals surface area contributed by atoms with Crippen molar-refractivity contribution >= 4 is 17.2 Å². The summed E-state index contributed by atoms with van der Waals surface area (Å²) in [6.07, 6.45) is 2.64. The number of amides is 1. The van der Waals surface area contributed by atoms with Crippen molar-refractivity contribution in [1.82, 2.24) is 9.88 Å². The maximum Gasteiger partial charge on any atom is 0.229 e. The summed E-state index contributed by atoms with van der Waals surface area (Å²) >= 11 is 1.73. The van der Waals surface area contributed by atoms with Crippen LogP contribution < -0.4 is 0 Å². The summed E-state index contributed by atoms with van der Waals surface area (Å²) in [6.45, 7) is 3.38. The van der Waals surface area contributed by atoms with Crippen LogP contribution in [0.2, 0.25) is 0 Å². The Hall–Kier alpha value is -3.18. The summed E-state index contributed by atoms with van der Waals surface area (Å²) in [6, 6.07) is 24.2. The van der Waals surface area contributed by atoms with Crippen LogP contribution in [0.1, 0.15) is 21.0 Å². The second-order valence-electron chi connectivity index (χ2n) is 7.25. The van der Waals surface area contributed by atoms with Gasteiger partial charge in [0.15, 0.2) is 0 Å². The number of carbonyl (C=O) groups excluding carboxylic acids is 1. The normalized spacial score (nSPS) is 10.8. The minimum Gasteiger partial charge on any atom is -0.444 e. The molecule has 30 heavy (non-hydrogen) atoms. The molecule has 4 rings (SSSR count). The second-order valence-corrected chi connectivity index (χ2v) is 8.62. The molecule has 0 atom stereocenters. The van der Waals surface area contributed by atoms with Crippen LogP contribution in [0, 0.1) is 6.92 Å². The molecule has 5 heteroatoms. The smallest absolute Gasteiger partial charge is 0.229 e. The third-order valence-electron chi connectivity index (χ3n) is 4.91. The van der Waals surface area contributed by atoms with Crippen molar-refractivity contribution in [3.05, 3.63) is 100 Å². The van der Waals surface area contributed by atoms with Crippen LogP contribution in [0.25, 0.3) is 11.5 Å². The van der Waals surface area contributed by atoms with Gasteiger partial charge in [0.2, 0.25) is 11.8 Å². The molecular weight excluding hydrogens is 392 g/mol. The van der Waals surface area contributed by atoms with E-state index in [-0.39, 0.29) is 12.3 Å². The first-order valence-corrected chi connectivity index (χ1v) is 10.9. The number of nitrogens with zero attached hydrogens (tertiary/aromatic N) is 2. The fraction of sp³-hybridized carbons (Fsp3) is 0.200. The van der Waals surface area contributed by atoms with Gasteiger partial charge in [-0.25, -0.2) is 4.98 Å². The topological polar surface area (TPSA) is 46.3 Å². The zero-order valence-corrected chi connectivity index (χ0v) is 17.8. The minimum atomic E-state index is 0.0601. The van der Waals surface area contributed by atoms with E-state index in [1.807, 2.05) is 53.4 Å². The van der Waals surface area contributed by atoms with Gasteiger partial charge in [0.1, 0.15) is 6.26 Å². The summed E-state index contributed by atoms with van der Waals surface area (Å²) in [5.41, 5.74) is 2.79. The fourth-order valence-electron chi connectivity index (χ4n) is 3.33. The van der Waals surface area contributed by atoms with Crippen LogP contribution in [0.4, 0.5) is 0 Å². The highest BCUT2D eigenvalue weighted by molar-refractivity contribution is 7.11. The van der Waals surface area contributed by atoms with Crippen LogP contribution in [0.3, 0.4) is 0 Å². The van der Waals surface area contributed by atoms with Gasteiger partial charge in [-0.05, 0) is 43.2 Å². The lowest BCUT2D eigenvalue weighted by molar-refractivity contribution is -0.131. The standard InChI is InChI=1S/C25H24N2O2S/c1-19-12-13-23(30-19)17-27(15-14-20-8-4-2-5-9-20)24(28)16-22-18-29-25(26-22)21-10-6-3-7-11-21/h2-13,18H,14-17H2,1H3. The van der Waals surface area contributed by atoms with Crippen LogP contribution in [-0.2, 0) is 24.2 Å². The third-order valence-corrected chi connectivity index (χ3v) is 5.90. The molecule has 4 nitrogen and oxygen atoms in total. The average Bonchev–Trinajstić information content (AvgIpc) is 3.41. The quantitative estimate of drug-likeness (QED) is 0.380. The number of rotatable bonds is 8. The van der Waals surface area contributed by atoms with Crippen molar-refractivity contribution in [2.24, 2.45) is 0 Å². The fourth-order valence-corrected chi connectivity index (χ4v) is 4.23. The molecule has 0 fully saturated rings. The van der Waals surface area contributed by atoms with E-state index in [2.05, 4.69) is 36.2 Å². The molecular formula is C25H24N2O2S. The Bertz CT molecular complexity index is 1090. The zero-order chi connectivity index (χ0) is 20.8. The minimum absolute atomic E-state index is 0.0601. The van der Waals surface area contributed by atoms with Gasteiger partial charge in [0, 0.05) is 21.9 Å². The highest BCUT2D eigenvalue weighted by Crippen LogP contribution is 2.20. The molecule has 0 bridgehead atoms. The molecule has 0 spiro atoms. The van der Waals surface area contributed by atoms with Crippen LogP contribution in [0.5, 0.6) is 0 Å². The first-order chi connectivity index (χ1) is 14.7. The molecule has 0 N–H and O–H groups in total. The Balaban J connectivity index is 1.46. The SMILES string of the molecule is Cc1ccc(CN(CCc2ccccc2)C(=O)Cc2coc(-c3ccccc3)n2)s1. The van der Waals surface area contributed by atoms with Gasteiger partial charge >= 0.3 is 0 Å². The molecule has 4 aromatic rings. The molecule has 0 saturated carbocycles. The number of carbonyl (C=O) groups is 1. The van der Waals surface area contributed by atoms with E-state index in [1.165, 1.54) is 15.3 Å². The number of hydrogen-bond acceptors (Lipinski definition) is 4. The summed E-state index contributed by atoms with van der Waals surface area (Å²) in [5, 5.41) is 0. The number of thiophene rings is 1. The molecule has 2 heterocycles. The molecule has 1 amide bonds. The summed E-state index contributed by atoms with van der Waals surface area (Å²) < 4.78 is 5.60. The van der Waals surface area contributed by atoms with Crippen molar-refractivity contribution in [3.8, 4) is 11.5 Å². The monoisotopic (exact) mass is 416 g/mol. The largest absolute Gasteiger partial charge is 0.444 e. The van der Waals surface area contributed by atoms with Gasteiger partial charge in [-0.2, -0.15) is 0 Å². The molecule has 2 aromatic heterocycles. The lowest BCUT2D eigenvalue weighted by atomic mass is 10.1. The Labute approximate surface area is 180 Å². The summed E-state index contributed by atoms with van der Waals surface area (Å²) in [5.74, 6) is 0.605. The molecule has 0 saturated heterocycles. The average molecular weight is 417 g/mol. The molecule has 152 valence electrons. The lowest BCUT2D eigenvalue weighted by Gasteiger charge is -2.22.